The number of amides is 1. The summed E-state index contributed by atoms with van der Waals surface area (Å²) in [7, 11) is 4.48. The zero-order chi connectivity index (χ0) is 25.4. The first kappa shape index (κ1) is 22.9. The van der Waals surface area contributed by atoms with E-state index in [0.717, 1.165) is 0 Å². The molecule has 182 valence electrons. The van der Waals surface area contributed by atoms with E-state index in [2.05, 4.69) is 15.4 Å². The lowest BCUT2D eigenvalue weighted by atomic mass is 10.1. The van der Waals surface area contributed by atoms with Crippen LogP contribution in [0.1, 0.15) is 10.4 Å². The Labute approximate surface area is 204 Å². The predicted octanol–water partition coefficient (Wildman–Crippen LogP) is 4.28. The van der Waals surface area contributed by atoms with Gasteiger partial charge in [0, 0.05) is 35.0 Å². The zero-order valence-electron chi connectivity index (χ0n) is 19.6. The highest BCUT2D eigenvalue weighted by molar-refractivity contribution is 6.10. The van der Waals surface area contributed by atoms with Crippen molar-refractivity contribution in [3.8, 4) is 22.9 Å². The van der Waals surface area contributed by atoms with E-state index in [0.29, 0.717) is 56.0 Å². The van der Waals surface area contributed by atoms with Crippen molar-refractivity contribution >= 4 is 33.4 Å². The van der Waals surface area contributed by atoms with Gasteiger partial charge in [0.1, 0.15) is 5.82 Å². The number of methoxy groups -OCH3 is 3. The van der Waals surface area contributed by atoms with Crippen molar-refractivity contribution in [1.82, 2.24) is 14.8 Å². The largest absolute Gasteiger partial charge is 0.493 e. The molecule has 2 N–H and O–H groups in total. The molecule has 0 saturated carbocycles. The number of fused-ring (bicyclic) bond motifs is 3. The van der Waals surface area contributed by atoms with E-state index in [4.69, 9.17) is 14.2 Å². The van der Waals surface area contributed by atoms with Crippen LogP contribution >= 0.6 is 0 Å². The third-order valence-corrected chi connectivity index (χ3v) is 5.79. The number of H-pyrrole nitrogens is 1. The lowest BCUT2D eigenvalue weighted by Crippen LogP contribution is -2.14. The third kappa shape index (κ3) is 3.88. The van der Waals surface area contributed by atoms with Crippen LogP contribution in [0.15, 0.2) is 65.6 Å². The van der Waals surface area contributed by atoms with Gasteiger partial charge < -0.3 is 19.5 Å². The van der Waals surface area contributed by atoms with Crippen molar-refractivity contribution in [1.29, 1.82) is 0 Å². The molecule has 0 radical (unpaired) electrons. The van der Waals surface area contributed by atoms with E-state index in [1.165, 1.54) is 56.5 Å². The summed E-state index contributed by atoms with van der Waals surface area (Å²) in [6, 6.07) is 13.8. The van der Waals surface area contributed by atoms with E-state index < -0.39 is 5.82 Å². The molecule has 0 aliphatic rings. The van der Waals surface area contributed by atoms with Gasteiger partial charge in [0.2, 0.25) is 5.75 Å². The van der Waals surface area contributed by atoms with Gasteiger partial charge in [-0.25, -0.2) is 9.07 Å². The van der Waals surface area contributed by atoms with Crippen LogP contribution in [0.5, 0.6) is 17.2 Å². The Morgan fingerprint density at radius 3 is 2.28 bits per heavy atom. The first-order valence-electron chi connectivity index (χ1n) is 10.8. The molecule has 0 aliphatic carbocycles. The number of benzene rings is 3. The number of anilines is 1. The maximum absolute atomic E-state index is 13.3. The molecule has 0 fully saturated rings. The molecular formula is C26H21FN4O5. The van der Waals surface area contributed by atoms with Crippen LogP contribution in [0.2, 0.25) is 0 Å². The SMILES string of the molecule is COc1cc(NC(=O)c2ccc3ncc4c(=O)n(-c5ccc(F)cc5)[nH]c4c3c2)cc(OC)c1OC. The molecule has 3 aromatic carbocycles. The Morgan fingerprint density at radius 2 is 1.64 bits per heavy atom. The fourth-order valence-corrected chi connectivity index (χ4v) is 4.03. The van der Waals surface area contributed by atoms with Crippen LogP contribution in [-0.4, -0.2) is 42.0 Å². The van der Waals surface area contributed by atoms with Crippen molar-refractivity contribution < 1.29 is 23.4 Å². The molecule has 0 aliphatic heterocycles. The van der Waals surface area contributed by atoms with Gasteiger partial charge in [-0.3, -0.25) is 19.7 Å². The van der Waals surface area contributed by atoms with Crippen LogP contribution in [0.4, 0.5) is 10.1 Å². The fourth-order valence-electron chi connectivity index (χ4n) is 4.03. The lowest BCUT2D eigenvalue weighted by Gasteiger charge is -2.14. The Bertz CT molecular complexity index is 1650. The van der Waals surface area contributed by atoms with Gasteiger partial charge >= 0.3 is 0 Å². The summed E-state index contributed by atoms with van der Waals surface area (Å²) >= 11 is 0. The second kappa shape index (κ2) is 9.06. The molecule has 36 heavy (non-hydrogen) atoms. The summed E-state index contributed by atoms with van der Waals surface area (Å²) in [5.74, 6) is 0.417. The molecular weight excluding hydrogens is 467 g/mol. The molecule has 2 aromatic heterocycles. The minimum atomic E-state index is -0.405. The fraction of sp³-hybridized carbons (Fsp3) is 0.115. The van der Waals surface area contributed by atoms with Crippen molar-refractivity contribution in [2.45, 2.75) is 0 Å². The van der Waals surface area contributed by atoms with Crippen LogP contribution in [-0.2, 0) is 0 Å². The number of carbonyl (C=O) groups is 1. The highest BCUT2D eigenvalue weighted by atomic mass is 19.1. The van der Waals surface area contributed by atoms with E-state index in [9.17, 15) is 14.0 Å². The molecule has 10 heteroatoms. The minimum Gasteiger partial charge on any atom is -0.493 e. The number of pyridine rings is 1. The van der Waals surface area contributed by atoms with Crippen molar-refractivity contribution in [3.63, 3.8) is 0 Å². The Kier molecular flexibility index (Phi) is 5.77. The molecule has 1 amide bonds. The summed E-state index contributed by atoms with van der Waals surface area (Å²) in [5.41, 5.74) is 2.04. The van der Waals surface area contributed by atoms with E-state index >= 15 is 0 Å². The summed E-state index contributed by atoms with van der Waals surface area (Å²) in [6.07, 6.45) is 1.48. The van der Waals surface area contributed by atoms with Gasteiger partial charge in [-0.1, -0.05) is 0 Å². The molecule has 5 aromatic rings. The Balaban J connectivity index is 1.55. The number of aromatic nitrogens is 3. The van der Waals surface area contributed by atoms with Crippen molar-refractivity contribution in [2.75, 3.05) is 26.6 Å². The van der Waals surface area contributed by atoms with Crippen LogP contribution in [0.25, 0.3) is 27.5 Å². The number of hydrogen-bond acceptors (Lipinski definition) is 6. The highest BCUT2D eigenvalue weighted by Crippen LogP contribution is 2.40. The number of halogens is 1. The summed E-state index contributed by atoms with van der Waals surface area (Å²) < 4.78 is 30.7. The maximum atomic E-state index is 13.3. The van der Waals surface area contributed by atoms with E-state index in [-0.39, 0.29) is 11.5 Å². The summed E-state index contributed by atoms with van der Waals surface area (Å²) in [4.78, 5) is 30.5. The lowest BCUT2D eigenvalue weighted by molar-refractivity contribution is 0.102. The standard InChI is InChI=1S/C26H21FN4O5/c1-34-21-11-16(12-22(35-2)24(21)36-3)29-25(32)14-4-9-20-18(10-14)23-19(13-28-20)26(33)31(30-23)17-7-5-15(27)6-8-17/h4-13,30H,1-3H3,(H,29,32). The quantitative estimate of drug-likeness (QED) is 0.369. The number of aromatic amines is 1. The molecule has 2 heterocycles. The number of nitrogens with one attached hydrogen (secondary N) is 2. The number of carbonyl (C=O) groups excluding carboxylic acids is 1. The number of hydrogen-bond donors (Lipinski definition) is 2. The second-order valence-corrected chi connectivity index (χ2v) is 7.88. The molecule has 0 unspecified atom stereocenters. The Hall–Kier alpha value is -4.86. The van der Waals surface area contributed by atoms with E-state index in [1.807, 2.05) is 0 Å². The van der Waals surface area contributed by atoms with Crippen LogP contribution < -0.4 is 25.1 Å². The highest BCUT2D eigenvalue weighted by Gasteiger charge is 2.17. The van der Waals surface area contributed by atoms with Crippen molar-refractivity contribution in [2.24, 2.45) is 0 Å². The van der Waals surface area contributed by atoms with Gasteiger partial charge in [-0.2, -0.15) is 0 Å². The van der Waals surface area contributed by atoms with Gasteiger partial charge in [-0.15, -0.1) is 0 Å². The topological polar surface area (TPSA) is 107 Å². The normalized spacial score (nSPS) is 11.0. The molecule has 0 spiro atoms. The van der Waals surface area contributed by atoms with Crippen LogP contribution in [0, 0.1) is 5.82 Å². The second-order valence-electron chi connectivity index (χ2n) is 7.88. The number of ether oxygens (including phenoxy) is 3. The van der Waals surface area contributed by atoms with Gasteiger partial charge in [0.05, 0.1) is 43.4 Å². The average molecular weight is 488 g/mol. The smallest absolute Gasteiger partial charge is 0.280 e. The van der Waals surface area contributed by atoms with E-state index in [1.54, 1.807) is 30.3 Å². The minimum absolute atomic E-state index is 0.335. The number of nitrogens with zero attached hydrogens (tertiary/aromatic N) is 2. The average Bonchev–Trinajstić information content (AvgIpc) is 3.24. The zero-order valence-corrected chi connectivity index (χ0v) is 19.6. The Morgan fingerprint density at radius 1 is 0.944 bits per heavy atom. The predicted molar refractivity (Wildman–Crippen MR) is 133 cm³/mol. The third-order valence-electron chi connectivity index (χ3n) is 5.79. The van der Waals surface area contributed by atoms with Crippen LogP contribution in [0.3, 0.4) is 0 Å². The first-order valence-corrected chi connectivity index (χ1v) is 10.8. The summed E-state index contributed by atoms with van der Waals surface area (Å²) in [6.45, 7) is 0. The van der Waals surface area contributed by atoms with Gasteiger partial charge in [0.25, 0.3) is 11.5 Å². The van der Waals surface area contributed by atoms with Gasteiger partial charge in [0.15, 0.2) is 11.5 Å². The first-order chi connectivity index (χ1) is 17.4. The van der Waals surface area contributed by atoms with Crippen molar-refractivity contribution in [3.05, 3.63) is 82.5 Å². The monoisotopic (exact) mass is 488 g/mol. The molecule has 9 nitrogen and oxygen atoms in total. The number of rotatable bonds is 6. The molecule has 0 atom stereocenters. The summed E-state index contributed by atoms with van der Waals surface area (Å²) in [5, 5.41) is 6.82. The van der Waals surface area contributed by atoms with Gasteiger partial charge in [-0.05, 0) is 42.5 Å². The molecule has 0 saturated heterocycles. The molecule has 5 rings (SSSR count). The maximum Gasteiger partial charge on any atom is 0.280 e. The molecule has 0 bridgehead atoms.